The largest absolute Gasteiger partial charge is 0.271 e. The first-order valence-electron chi connectivity index (χ1n) is 5.15. The minimum Gasteiger partial charge on any atom is -0.271 e. The normalized spacial score (nSPS) is 13.1. The number of aryl methyl sites for hydroxylation is 2. The molecule has 1 unspecified atom stereocenters. The maximum atomic E-state index is 5.53. The van der Waals surface area contributed by atoms with Gasteiger partial charge in [-0.15, -0.1) is 0 Å². The Hall–Kier alpha value is -0.870. The Morgan fingerprint density at radius 1 is 1.64 bits per heavy atom. The van der Waals surface area contributed by atoms with Gasteiger partial charge in [0.2, 0.25) is 0 Å². The lowest BCUT2D eigenvalue weighted by atomic mass is 10.1. The van der Waals surface area contributed by atoms with Crippen LogP contribution in [0.25, 0.3) is 0 Å². The summed E-state index contributed by atoms with van der Waals surface area (Å²) in [7, 11) is 1.96. The summed E-state index contributed by atoms with van der Waals surface area (Å²) in [5.41, 5.74) is 5.05. The average molecular weight is 196 g/mol. The molecule has 0 amide bonds. The second kappa shape index (κ2) is 5.12. The van der Waals surface area contributed by atoms with Crippen molar-refractivity contribution in [3.8, 4) is 0 Å². The summed E-state index contributed by atoms with van der Waals surface area (Å²) in [6, 6.07) is 2.31. The monoisotopic (exact) mass is 196 g/mol. The second-order valence-electron chi connectivity index (χ2n) is 3.70. The minimum absolute atomic E-state index is 0.223. The molecule has 0 aliphatic carbocycles. The van der Waals surface area contributed by atoms with Gasteiger partial charge in [0.25, 0.3) is 0 Å². The summed E-state index contributed by atoms with van der Waals surface area (Å²) in [5.74, 6) is 5.53. The quantitative estimate of drug-likeness (QED) is 0.553. The van der Waals surface area contributed by atoms with E-state index in [1.54, 1.807) is 0 Å². The molecule has 0 saturated carbocycles. The molecule has 4 nitrogen and oxygen atoms in total. The number of hydrogen-bond donors (Lipinski definition) is 2. The molecule has 1 rings (SSSR count). The van der Waals surface area contributed by atoms with Gasteiger partial charge in [0.1, 0.15) is 0 Å². The highest BCUT2D eigenvalue weighted by atomic mass is 15.3. The summed E-state index contributed by atoms with van der Waals surface area (Å²) in [4.78, 5) is 0. The summed E-state index contributed by atoms with van der Waals surface area (Å²) < 4.78 is 1.90. The summed E-state index contributed by atoms with van der Waals surface area (Å²) in [5, 5.41) is 4.31. The van der Waals surface area contributed by atoms with E-state index in [0.717, 1.165) is 12.1 Å². The molecule has 3 N–H and O–H groups in total. The highest BCUT2D eigenvalue weighted by Crippen LogP contribution is 2.18. The average Bonchev–Trinajstić information content (AvgIpc) is 2.47. The van der Waals surface area contributed by atoms with Crippen molar-refractivity contribution >= 4 is 0 Å². The van der Waals surface area contributed by atoms with E-state index in [1.165, 1.54) is 18.5 Å². The third-order valence-electron chi connectivity index (χ3n) is 2.44. The highest BCUT2D eigenvalue weighted by Gasteiger charge is 2.13. The predicted octanol–water partition coefficient (Wildman–Crippen LogP) is 1.42. The number of unbranched alkanes of at least 4 members (excludes halogenated alkanes) is 1. The Kier molecular flexibility index (Phi) is 4.10. The van der Waals surface area contributed by atoms with E-state index in [9.17, 15) is 0 Å². The van der Waals surface area contributed by atoms with Gasteiger partial charge in [-0.05, 0) is 19.4 Å². The molecule has 14 heavy (non-hydrogen) atoms. The van der Waals surface area contributed by atoms with E-state index in [-0.39, 0.29) is 6.04 Å². The van der Waals surface area contributed by atoms with Crippen molar-refractivity contribution in [2.24, 2.45) is 12.9 Å². The molecule has 1 aromatic heterocycles. The molecule has 0 aliphatic heterocycles. The zero-order valence-electron chi connectivity index (χ0n) is 9.25. The van der Waals surface area contributed by atoms with Crippen molar-refractivity contribution in [1.82, 2.24) is 15.2 Å². The Balaban J connectivity index is 2.72. The molecule has 0 aliphatic rings. The molecule has 1 atom stereocenters. The van der Waals surface area contributed by atoms with E-state index in [0.29, 0.717) is 0 Å². The predicted molar refractivity (Wildman–Crippen MR) is 57.5 cm³/mol. The van der Waals surface area contributed by atoms with Crippen LogP contribution in [-0.4, -0.2) is 9.78 Å². The van der Waals surface area contributed by atoms with Gasteiger partial charge in [-0.3, -0.25) is 16.0 Å². The van der Waals surface area contributed by atoms with Crippen LogP contribution < -0.4 is 11.3 Å². The number of nitrogens with zero attached hydrogens (tertiary/aromatic N) is 2. The minimum atomic E-state index is 0.223. The molecule has 4 heteroatoms. The zero-order chi connectivity index (χ0) is 10.6. The number of rotatable bonds is 5. The molecule has 0 spiro atoms. The van der Waals surface area contributed by atoms with Gasteiger partial charge in [0.05, 0.1) is 17.4 Å². The van der Waals surface area contributed by atoms with Gasteiger partial charge < -0.3 is 0 Å². The van der Waals surface area contributed by atoms with Crippen LogP contribution in [-0.2, 0) is 7.05 Å². The fourth-order valence-corrected chi connectivity index (χ4v) is 1.68. The fourth-order valence-electron chi connectivity index (χ4n) is 1.68. The summed E-state index contributed by atoms with van der Waals surface area (Å²) >= 11 is 0. The van der Waals surface area contributed by atoms with Crippen molar-refractivity contribution in [2.45, 2.75) is 39.2 Å². The number of nitrogens with two attached hydrogens (primary N) is 1. The molecule has 0 bridgehead atoms. The first kappa shape index (κ1) is 11.2. The van der Waals surface area contributed by atoms with E-state index < -0.39 is 0 Å². The first-order valence-corrected chi connectivity index (χ1v) is 5.15. The van der Waals surface area contributed by atoms with Crippen LogP contribution in [0, 0.1) is 6.92 Å². The van der Waals surface area contributed by atoms with Crippen molar-refractivity contribution in [3.05, 3.63) is 17.5 Å². The van der Waals surface area contributed by atoms with E-state index in [1.807, 2.05) is 18.7 Å². The van der Waals surface area contributed by atoms with Crippen molar-refractivity contribution < 1.29 is 0 Å². The molecule has 0 radical (unpaired) electrons. The number of aromatic nitrogens is 2. The Labute approximate surface area is 85.5 Å². The number of hydrogen-bond acceptors (Lipinski definition) is 3. The van der Waals surface area contributed by atoms with Crippen molar-refractivity contribution in [3.63, 3.8) is 0 Å². The van der Waals surface area contributed by atoms with Gasteiger partial charge in [0.15, 0.2) is 0 Å². The molecule has 0 saturated heterocycles. The lowest BCUT2D eigenvalue weighted by Crippen LogP contribution is -2.29. The second-order valence-corrected chi connectivity index (χ2v) is 3.70. The van der Waals surface area contributed by atoms with Crippen LogP contribution in [0.4, 0.5) is 0 Å². The van der Waals surface area contributed by atoms with Gasteiger partial charge in [-0.1, -0.05) is 19.8 Å². The van der Waals surface area contributed by atoms with Crippen LogP contribution in [0.3, 0.4) is 0 Å². The van der Waals surface area contributed by atoms with Gasteiger partial charge in [-0.2, -0.15) is 5.10 Å². The van der Waals surface area contributed by atoms with Crippen LogP contribution in [0.2, 0.25) is 0 Å². The van der Waals surface area contributed by atoms with Crippen LogP contribution >= 0.6 is 0 Å². The van der Waals surface area contributed by atoms with Crippen molar-refractivity contribution in [1.29, 1.82) is 0 Å². The maximum absolute atomic E-state index is 5.53. The van der Waals surface area contributed by atoms with Gasteiger partial charge in [-0.25, -0.2) is 0 Å². The molecular formula is C10H20N4. The molecule has 80 valence electrons. The third kappa shape index (κ3) is 2.56. The van der Waals surface area contributed by atoms with Crippen LogP contribution in [0.15, 0.2) is 6.07 Å². The zero-order valence-corrected chi connectivity index (χ0v) is 9.25. The summed E-state index contributed by atoms with van der Waals surface area (Å²) in [6.45, 7) is 4.18. The molecule has 1 heterocycles. The Morgan fingerprint density at radius 2 is 2.36 bits per heavy atom. The molecule has 0 aromatic carbocycles. The highest BCUT2D eigenvalue weighted by molar-refractivity contribution is 5.12. The first-order chi connectivity index (χ1) is 6.69. The van der Waals surface area contributed by atoms with Crippen LogP contribution in [0.1, 0.15) is 43.6 Å². The van der Waals surface area contributed by atoms with Gasteiger partial charge in [0, 0.05) is 7.05 Å². The lowest BCUT2D eigenvalue weighted by Gasteiger charge is -2.15. The maximum Gasteiger partial charge on any atom is 0.0629 e. The van der Waals surface area contributed by atoms with E-state index >= 15 is 0 Å². The third-order valence-corrected chi connectivity index (χ3v) is 2.44. The molecular weight excluding hydrogens is 176 g/mol. The Morgan fingerprint density at radius 3 is 2.79 bits per heavy atom. The molecule has 0 fully saturated rings. The standard InChI is InChI=1S/C10H20N4/c1-4-5-6-9(12-11)10-7-8(2)13-14(10)3/h7,9,12H,4-6,11H2,1-3H3. The number of nitrogens with one attached hydrogen (secondary N) is 1. The smallest absolute Gasteiger partial charge is 0.0629 e. The van der Waals surface area contributed by atoms with Gasteiger partial charge >= 0.3 is 0 Å². The topological polar surface area (TPSA) is 55.9 Å². The SMILES string of the molecule is CCCCC(NN)c1cc(C)nn1C. The molecule has 1 aromatic rings. The van der Waals surface area contributed by atoms with Crippen molar-refractivity contribution in [2.75, 3.05) is 0 Å². The Bertz CT molecular complexity index is 280. The number of hydrazine groups is 1. The fraction of sp³-hybridized carbons (Fsp3) is 0.700. The summed E-state index contributed by atoms with van der Waals surface area (Å²) in [6.07, 6.45) is 3.43. The lowest BCUT2D eigenvalue weighted by molar-refractivity contribution is 0.464. The van der Waals surface area contributed by atoms with Crippen LogP contribution in [0.5, 0.6) is 0 Å². The van der Waals surface area contributed by atoms with E-state index in [4.69, 9.17) is 5.84 Å². The van der Waals surface area contributed by atoms with E-state index in [2.05, 4.69) is 23.5 Å².